The summed E-state index contributed by atoms with van der Waals surface area (Å²) in [5.41, 5.74) is -0.827. The van der Waals surface area contributed by atoms with Crippen LogP contribution in [0.15, 0.2) is 30.5 Å². The molecule has 2 amide bonds. The van der Waals surface area contributed by atoms with E-state index in [4.69, 9.17) is 9.84 Å². The van der Waals surface area contributed by atoms with Crippen LogP contribution in [-0.2, 0) is 12.6 Å². The molecule has 1 fully saturated rings. The number of urea groups is 1. The lowest BCUT2D eigenvalue weighted by Crippen LogP contribution is -2.34. The highest BCUT2D eigenvalue weighted by Crippen LogP contribution is 2.36. The minimum Gasteiger partial charge on any atom is -0.488 e. The van der Waals surface area contributed by atoms with E-state index in [0.29, 0.717) is 24.5 Å². The first-order valence-electron chi connectivity index (χ1n) is 8.31. The van der Waals surface area contributed by atoms with Gasteiger partial charge >= 0.3 is 12.2 Å². The van der Waals surface area contributed by atoms with Gasteiger partial charge in [0.25, 0.3) is 0 Å². The van der Waals surface area contributed by atoms with Crippen LogP contribution in [-0.4, -0.2) is 46.8 Å². The Morgan fingerprint density at radius 2 is 2.19 bits per heavy atom. The van der Waals surface area contributed by atoms with Crippen molar-refractivity contribution in [3.63, 3.8) is 0 Å². The second kappa shape index (κ2) is 8.13. The van der Waals surface area contributed by atoms with Crippen LogP contribution in [0.2, 0.25) is 0 Å². The van der Waals surface area contributed by atoms with Gasteiger partial charge in [0.1, 0.15) is 11.9 Å². The molecule has 0 aliphatic carbocycles. The van der Waals surface area contributed by atoms with E-state index in [1.807, 2.05) is 0 Å². The summed E-state index contributed by atoms with van der Waals surface area (Å²) >= 11 is 1.27. The van der Waals surface area contributed by atoms with Gasteiger partial charge in [-0.05, 0) is 12.1 Å². The number of halogens is 3. The van der Waals surface area contributed by atoms with Crippen molar-refractivity contribution in [3.8, 4) is 5.75 Å². The maximum absolute atomic E-state index is 13.1. The van der Waals surface area contributed by atoms with Gasteiger partial charge in [-0.1, -0.05) is 12.1 Å². The zero-order valence-electron chi connectivity index (χ0n) is 14.2. The standard InChI is InChI=1S/C17H18F3N3O3S/c18-17(19,20)13-3-1-2-4-14(13)26-11-5-7-23(10-11)16(25)22-15-21-9-12(27-15)6-8-24/h1-4,9,11,24H,5-8,10H2,(H,21,22,25)/t11-/m0/s1. The van der Waals surface area contributed by atoms with Crippen LogP contribution in [0.1, 0.15) is 16.9 Å². The average molecular weight is 401 g/mol. The third kappa shape index (κ3) is 4.89. The summed E-state index contributed by atoms with van der Waals surface area (Å²) in [7, 11) is 0. The summed E-state index contributed by atoms with van der Waals surface area (Å²) in [4.78, 5) is 18.7. The molecule has 0 bridgehead atoms. The van der Waals surface area contributed by atoms with Crippen molar-refractivity contribution < 1.29 is 27.8 Å². The smallest absolute Gasteiger partial charge is 0.419 e. The second-order valence-electron chi connectivity index (χ2n) is 6.00. The fraction of sp³-hybridized carbons (Fsp3) is 0.412. The molecule has 2 N–H and O–H groups in total. The van der Waals surface area contributed by atoms with Crippen LogP contribution in [0, 0.1) is 0 Å². The van der Waals surface area contributed by atoms with Gasteiger partial charge in [-0.25, -0.2) is 9.78 Å². The van der Waals surface area contributed by atoms with Crippen molar-refractivity contribution in [2.75, 3.05) is 25.0 Å². The molecule has 2 heterocycles. The highest BCUT2D eigenvalue weighted by Gasteiger charge is 2.36. The molecule has 0 unspecified atom stereocenters. The first kappa shape index (κ1) is 19.4. The summed E-state index contributed by atoms with van der Waals surface area (Å²) in [5.74, 6) is -0.231. The molecule has 1 atom stereocenters. The lowest BCUT2D eigenvalue weighted by atomic mass is 10.2. The Kier molecular flexibility index (Phi) is 5.85. The molecule has 0 saturated carbocycles. The Bertz CT molecular complexity index is 797. The van der Waals surface area contributed by atoms with E-state index in [1.54, 1.807) is 6.20 Å². The fourth-order valence-electron chi connectivity index (χ4n) is 2.75. The quantitative estimate of drug-likeness (QED) is 0.806. The molecule has 0 radical (unpaired) electrons. The molecule has 3 rings (SSSR count). The Morgan fingerprint density at radius 3 is 2.93 bits per heavy atom. The number of hydrogen-bond acceptors (Lipinski definition) is 5. The van der Waals surface area contributed by atoms with Crippen LogP contribution in [0.25, 0.3) is 0 Å². The number of ether oxygens (including phenoxy) is 1. The Hall–Kier alpha value is -2.33. The Balaban J connectivity index is 1.58. The largest absolute Gasteiger partial charge is 0.488 e. The van der Waals surface area contributed by atoms with E-state index in [-0.39, 0.29) is 24.9 Å². The summed E-state index contributed by atoms with van der Waals surface area (Å²) in [6.07, 6.45) is -2.52. The number of hydrogen-bond donors (Lipinski definition) is 2. The molecule has 1 aromatic heterocycles. The van der Waals surface area contributed by atoms with Gasteiger partial charge in [0.05, 0.1) is 12.1 Å². The predicted molar refractivity (Wildman–Crippen MR) is 94.0 cm³/mol. The van der Waals surface area contributed by atoms with Gasteiger partial charge < -0.3 is 14.7 Å². The number of benzene rings is 1. The van der Waals surface area contributed by atoms with Crippen LogP contribution < -0.4 is 10.1 Å². The van der Waals surface area contributed by atoms with Crippen molar-refractivity contribution in [1.29, 1.82) is 0 Å². The van der Waals surface area contributed by atoms with Crippen molar-refractivity contribution in [3.05, 3.63) is 40.9 Å². The zero-order chi connectivity index (χ0) is 19.4. The van der Waals surface area contributed by atoms with E-state index in [0.717, 1.165) is 10.9 Å². The molecular formula is C17H18F3N3O3S. The van der Waals surface area contributed by atoms with Crippen LogP contribution in [0.3, 0.4) is 0 Å². The van der Waals surface area contributed by atoms with E-state index >= 15 is 0 Å². The molecule has 146 valence electrons. The number of likely N-dealkylation sites (tertiary alicyclic amines) is 1. The second-order valence-corrected chi connectivity index (χ2v) is 7.12. The maximum Gasteiger partial charge on any atom is 0.419 e. The highest BCUT2D eigenvalue weighted by atomic mass is 32.1. The summed E-state index contributed by atoms with van der Waals surface area (Å²) in [6, 6.07) is 4.67. The number of aromatic nitrogens is 1. The number of carbonyl (C=O) groups excluding carboxylic acids is 1. The molecule has 1 aliphatic rings. The van der Waals surface area contributed by atoms with Gasteiger partial charge in [-0.2, -0.15) is 13.2 Å². The predicted octanol–water partition coefficient (Wildman–Crippen LogP) is 3.38. The third-order valence-electron chi connectivity index (χ3n) is 4.04. The number of thiazole rings is 1. The Morgan fingerprint density at radius 1 is 1.41 bits per heavy atom. The average Bonchev–Trinajstić information content (AvgIpc) is 3.24. The van der Waals surface area contributed by atoms with Crippen molar-refractivity contribution >= 4 is 22.5 Å². The summed E-state index contributed by atoms with van der Waals surface area (Å²) in [6.45, 7) is 0.562. The number of alkyl halides is 3. The molecule has 6 nitrogen and oxygen atoms in total. The van der Waals surface area contributed by atoms with Crippen LogP contribution >= 0.6 is 11.3 Å². The minimum absolute atomic E-state index is 0.000122. The Labute approximate surface area is 157 Å². The third-order valence-corrected chi connectivity index (χ3v) is 5.02. The van der Waals surface area contributed by atoms with Crippen molar-refractivity contribution in [1.82, 2.24) is 9.88 Å². The number of nitrogens with zero attached hydrogens (tertiary/aromatic N) is 2. The monoisotopic (exact) mass is 401 g/mol. The number of anilines is 1. The van der Waals surface area contributed by atoms with E-state index in [9.17, 15) is 18.0 Å². The van der Waals surface area contributed by atoms with E-state index < -0.39 is 17.8 Å². The summed E-state index contributed by atoms with van der Waals surface area (Å²) in [5, 5.41) is 12.0. The first-order valence-corrected chi connectivity index (χ1v) is 9.13. The molecule has 1 aliphatic heterocycles. The molecule has 0 spiro atoms. The number of rotatable bonds is 5. The normalized spacial score (nSPS) is 17.2. The van der Waals surface area contributed by atoms with Gasteiger partial charge in [-0.3, -0.25) is 5.32 Å². The van der Waals surface area contributed by atoms with Gasteiger partial charge in [0, 0.05) is 37.1 Å². The molecule has 2 aromatic rings. The molecular weight excluding hydrogens is 383 g/mol. The topological polar surface area (TPSA) is 74.7 Å². The highest BCUT2D eigenvalue weighted by molar-refractivity contribution is 7.15. The SMILES string of the molecule is O=C(Nc1ncc(CCO)s1)N1CC[C@H](Oc2ccccc2C(F)(F)F)C1. The zero-order valence-corrected chi connectivity index (χ0v) is 15.0. The number of nitrogens with one attached hydrogen (secondary N) is 1. The van der Waals surface area contributed by atoms with Crippen molar-refractivity contribution in [2.45, 2.75) is 25.1 Å². The van der Waals surface area contributed by atoms with Gasteiger partial charge in [0.15, 0.2) is 5.13 Å². The van der Waals surface area contributed by atoms with Gasteiger partial charge in [-0.15, -0.1) is 11.3 Å². The maximum atomic E-state index is 13.1. The number of aliphatic hydroxyl groups excluding tert-OH is 1. The lowest BCUT2D eigenvalue weighted by Gasteiger charge is -2.19. The lowest BCUT2D eigenvalue weighted by molar-refractivity contribution is -0.139. The van der Waals surface area contributed by atoms with Crippen molar-refractivity contribution in [2.24, 2.45) is 0 Å². The van der Waals surface area contributed by atoms with E-state index in [1.165, 1.54) is 34.4 Å². The molecule has 27 heavy (non-hydrogen) atoms. The number of amides is 2. The van der Waals surface area contributed by atoms with E-state index in [2.05, 4.69) is 10.3 Å². The number of carbonyl (C=O) groups is 1. The van der Waals surface area contributed by atoms with Gasteiger partial charge in [0.2, 0.25) is 0 Å². The number of para-hydroxylation sites is 1. The first-order chi connectivity index (χ1) is 12.9. The molecule has 10 heteroatoms. The summed E-state index contributed by atoms with van der Waals surface area (Å²) < 4.78 is 44.7. The molecule has 1 aromatic carbocycles. The number of aliphatic hydroxyl groups is 1. The van der Waals surface area contributed by atoms with Crippen LogP contribution in [0.4, 0.5) is 23.1 Å². The van der Waals surface area contributed by atoms with Crippen LogP contribution in [0.5, 0.6) is 5.75 Å². The fourth-order valence-corrected chi connectivity index (χ4v) is 3.54. The minimum atomic E-state index is -4.50. The molecule has 1 saturated heterocycles.